The Labute approximate surface area is 171 Å². The van der Waals surface area contributed by atoms with E-state index in [1.165, 1.54) is 11.3 Å². The normalized spacial score (nSPS) is 10.8. The SMILES string of the molecule is Cc1nc(-c2cccc(Cl)c2)sc1C(=O)Nc1cnn(Cc2ccccc2)c1. The molecule has 0 saturated carbocycles. The highest BCUT2D eigenvalue weighted by Crippen LogP contribution is 2.30. The van der Waals surface area contributed by atoms with E-state index in [0.717, 1.165) is 16.1 Å². The molecule has 0 spiro atoms. The number of nitrogens with one attached hydrogen (secondary N) is 1. The Morgan fingerprint density at radius 2 is 2.00 bits per heavy atom. The summed E-state index contributed by atoms with van der Waals surface area (Å²) in [5, 5.41) is 8.63. The molecule has 0 atom stereocenters. The second kappa shape index (κ2) is 7.96. The number of aryl methyl sites for hydroxylation is 1. The molecular weight excluding hydrogens is 392 g/mol. The van der Waals surface area contributed by atoms with Crippen LogP contribution in [0.1, 0.15) is 20.9 Å². The Morgan fingerprint density at radius 3 is 2.79 bits per heavy atom. The summed E-state index contributed by atoms with van der Waals surface area (Å²) >= 11 is 7.41. The first-order chi connectivity index (χ1) is 13.6. The van der Waals surface area contributed by atoms with Gasteiger partial charge in [-0.15, -0.1) is 11.3 Å². The molecule has 2 aromatic heterocycles. The Kier molecular flexibility index (Phi) is 5.23. The van der Waals surface area contributed by atoms with Crippen molar-refractivity contribution in [3.8, 4) is 10.6 Å². The maximum atomic E-state index is 12.7. The lowest BCUT2D eigenvalue weighted by atomic mass is 10.2. The zero-order valence-corrected chi connectivity index (χ0v) is 16.7. The second-order valence-corrected chi connectivity index (χ2v) is 7.75. The number of aromatic nitrogens is 3. The molecule has 4 aromatic rings. The number of thiazole rings is 1. The zero-order chi connectivity index (χ0) is 19.5. The number of nitrogens with zero attached hydrogens (tertiary/aromatic N) is 3. The average Bonchev–Trinajstić information content (AvgIpc) is 3.29. The number of halogens is 1. The maximum Gasteiger partial charge on any atom is 0.267 e. The van der Waals surface area contributed by atoms with Crippen molar-refractivity contribution in [2.45, 2.75) is 13.5 Å². The predicted molar refractivity (Wildman–Crippen MR) is 113 cm³/mol. The lowest BCUT2D eigenvalue weighted by molar-refractivity contribution is 0.103. The molecule has 2 heterocycles. The van der Waals surface area contributed by atoms with Gasteiger partial charge in [0.2, 0.25) is 0 Å². The molecule has 0 aliphatic heterocycles. The largest absolute Gasteiger partial charge is 0.319 e. The van der Waals surface area contributed by atoms with E-state index in [9.17, 15) is 4.79 Å². The molecule has 1 amide bonds. The van der Waals surface area contributed by atoms with Gasteiger partial charge in [0.1, 0.15) is 9.88 Å². The van der Waals surface area contributed by atoms with Gasteiger partial charge in [0.05, 0.1) is 24.1 Å². The highest BCUT2D eigenvalue weighted by atomic mass is 35.5. The number of amides is 1. The summed E-state index contributed by atoms with van der Waals surface area (Å²) in [5.41, 5.74) is 3.38. The average molecular weight is 409 g/mol. The third-order valence-electron chi connectivity index (χ3n) is 4.15. The number of carbonyl (C=O) groups excluding carboxylic acids is 1. The summed E-state index contributed by atoms with van der Waals surface area (Å²) in [5.74, 6) is -0.192. The number of rotatable bonds is 5. The third kappa shape index (κ3) is 4.13. The van der Waals surface area contributed by atoms with Gasteiger partial charge in [0.25, 0.3) is 5.91 Å². The number of hydrogen-bond donors (Lipinski definition) is 1. The van der Waals surface area contributed by atoms with Crippen LogP contribution in [0.5, 0.6) is 0 Å². The van der Waals surface area contributed by atoms with E-state index in [1.54, 1.807) is 10.9 Å². The van der Waals surface area contributed by atoms with Gasteiger partial charge in [0, 0.05) is 16.8 Å². The summed E-state index contributed by atoms with van der Waals surface area (Å²) in [7, 11) is 0. The van der Waals surface area contributed by atoms with Gasteiger partial charge in [-0.1, -0.05) is 54.1 Å². The molecule has 5 nitrogen and oxygen atoms in total. The monoisotopic (exact) mass is 408 g/mol. The molecule has 140 valence electrons. The summed E-state index contributed by atoms with van der Waals surface area (Å²) < 4.78 is 1.79. The quantitative estimate of drug-likeness (QED) is 0.489. The molecule has 0 saturated heterocycles. The van der Waals surface area contributed by atoms with Gasteiger partial charge >= 0.3 is 0 Å². The fourth-order valence-electron chi connectivity index (χ4n) is 2.83. The lowest BCUT2D eigenvalue weighted by Crippen LogP contribution is -2.11. The van der Waals surface area contributed by atoms with E-state index in [2.05, 4.69) is 15.4 Å². The molecule has 1 N–H and O–H groups in total. The molecule has 0 bridgehead atoms. The first-order valence-electron chi connectivity index (χ1n) is 8.69. The molecule has 0 aliphatic carbocycles. The van der Waals surface area contributed by atoms with E-state index in [0.29, 0.717) is 27.8 Å². The fourth-order valence-corrected chi connectivity index (χ4v) is 3.97. The van der Waals surface area contributed by atoms with Crippen LogP contribution in [-0.2, 0) is 6.54 Å². The van der Waals surface area contributed by atoms with Crippen LogP contribution in [0.25, 0.3) is 10.6 Å². The first-order valence-corrected chi connectivity index (χ1v) is 9.89. The van der Waals surface area contributed by atoms with E-state index in [4.69, 9.17) is 11.6 Å². The molecule has 7 heteroatoms. The predicted octanol–water partition coefficient (Wildman–Crippen LogP) is 5.27. The number of carbonyl (C=O) groups is 1. The van der Waals surface area contributed by atoms with Gasteiger partial charge in [-0.3, -0.25) is 9.48 Å². The molecular formula is C21H17ClN4OS. The van der Waals surface area contributed by atoms with E-state index >= 15 is 0 Å². The smallest absolute Gasteiger partial charge is 0.267 e. The van der Waals surface area contributed by atoms with Gasteiger partial charge < -0.3 is 5.32 Å². The molecule has 0 radical (unpaired) electrons. The van der Waals surface area contributed by atoms with Crippen LogP contribution < -0.4 is 5.32 Å². The summed E-state index contributed by atoms with van der Waals surface area (Å²) in [6, 6.07) is 17.5. The molecule has 4 rings (SSSR count). The Hall–Kier alpha value is -2.96. The van der Waals surface area contributed by atoms with Crippen LogP contribution in [0, 0.1) is 6.92 Å². The highest BCUT2D eigenvalue weighted by Gasteiger charge is 2.17. The summed E-state index contributed by atoms with van der Waals surface area (Å²) in [4.78, 5) is 17.8. The Bertz CT molecular complexity index is 1120. The number of hydrogen-bond acceptors (Lipinski definition) is 4. The van der Waals surface area contributed by atoms with Crippen molar-refractivity contribution in [1.29, 1.82) is 0 Å². The van der Waals surface area contributed by atoms with Gasteiger partial charge in [0.15, 0.2) is 0 Å². The van der Waals surface area contributed by atoms with Crippen molar-refractivity contribution < 1.29 is 4.79 Å². The van der Waals surface area contributed by atoms with Crippen LogP contribution in [-0.4, -0.2) is 20.7 Å². The lowest BCUT2D eigenvalue weighted by Gasteiger charge is -2.02. The van der Waals surface area contributed by atoms with Crippen LogP contribution in [0.15, 0.2) is 67.0 Å². The van der Waals surface area contributed by atoms with Crippen molar-refractivity contribution in [1.82, 2.24) is 14.8 Å². The van der Waals surface area contributed by atoms with Crippen molar-refractivity contribution >= 4 is 34.5 Å². The van der Waals surface area contributed by atoms with Crippen LogP contribution in [0.2, 0.25) is 5.02 Å². The molecule has 0 fully saturated rings. The minimum absolute atomic E-state index is 0.192. The summed E-state index contributed by atoms with van der Waals surface area (Å²) in [6.45, 7) is 2.48. The Morgan fingerprint density at radius 1 is 1.18 bits per heavy atom. The molecule has 0 aliphatic rings. The fraction of sp³-hybridized carbons (Fsp3) is 0.0952. The second-order valence-electron chi connectivity index (χ2n) is 6.31. The van der Waals surface area contributed by atoms with Crippen LogP contribution in [0.3, 0.4) is 0 Å². The van der Waals surface area contributed by atoms with Crippen LogP contribution in [0.4, 0.5) is 5.69 Å². The summed E-state index contributed by atoms with van der Waals surface area (Å²) in [6.07, 6.45) is 3.47. The minimum Gasteiger partial charge on any atom is -0.319 e. The van der Waals surface area contributed by atoms with Gasteiger partial charge in [-0.05, 0) is 24.6 Å². The zero-order valence-electron chi connectivity index (χ0n) is 15.1. The standard InChI is InChI=1S/C21H17ClN4OS/c1-14-19(28-21(24-14)16-8-5-9-17(22)10-16)20(27)25-18-11-23-26(13-18)12-15-6-3-2-4-7-15/h2-11,13H,12H2,1H3,(H,25,27). The number of anilines is 1. The van der Waals surface area contributed by atoms with E-state index in [-0.39, 0.29) is 5.91 Å². The van der Waals surface area contributed by atoms with Crippen molar-refractivity contribution in [2.75, 3.05) is 5.32 Å². The first kappa shape index (κ1) is 18.4. The van der Waals surface area contributed by atoms with Gasteiger partial charge in [-0.2, -0.15) is 5.10 Å². The van der Waals surface area contributed by atoms with Crippen LogP contribution >= 0.6 is 22.9 Å². The van der Waals surface area contributed by atoms with Crippen molar-refractivity contribution in [3.05, 3.63) is 88.1 Å². The van der Waals surface area contributed by atoms with E-state index < -0.39 is 0 Å². The highest BCUT2D eigenvalue weighted by molar-refractivity contribution is 7.17. The van der Waals surface area contributed by atoms with Gasteiger partial charge in [-0.25, -0.2) is 4.98 Å². The third-order valence-corrected chi connectivity index (χ3v) is 5.59. The maximum absolute atomic E-state index is 12.7. The molecule has 0 unspecified atom stereocenters. The minimum atomic E-state index is -0.192. The molecule has 2 aromatic carbocycles. The van der Waals surface area contributed by atoms with E-state index in [1.807, 2.05) is 67.7 Å². The van der Waals surface area contributed by atoms with Crippen molar-refractivity contribution in [3.63, 3.8) is 0 Å². The number of benzene rings is 2. The van der Waals surface area contributed by atoms with Crippen molar-refractivity contribution in [2.24, 2.45) is 0 Å². The Balaban J connectivity index is 1.48. The molecule has 28 heavy (non-hydrogen) atoms. The topological polar surface area (TPSA) is 59.8 Å².